The van der Waals surface area contributed by atoms with E-state index in [2.05, 4.69) is 25.4 Å². The minimum Gasteiger partial charge on any atom is -0.473 e. The summed E-state index contributed by atoms with van der Waals surface area (Å²) >= 11 is 0. The molecule has 0 spiro atoms. The Morgan fingerprint density at radius 2 is 2.02 bits per heavy atom. The van der Waals surface area contributed by atoms with Crippen LogP contribution in [0.15, 0.2) is 18.5 Å². The van der Waals surface area contributed by atoms with E-state index in [1.165, 1.54) is 4.68 Å². The van der Waals surface area contributed by atoms with Crippen molar-refractivity contribution in [2.45, 2.75) is 65.5 Å². The van der Waals surface area contributed by atoms with Gasteiger partial charge in [0.25, 0.3) is 6.43 Å². The largest absolute Gasteiger partial charge is 0.473 e. The van der Waals surface area contributed by atoms with Crippen LogP contribution in [0.25, 0.3) is 34.3 Å². The minimum absolute atomic E-state index is 0.0532. The SMILES string of the molecule is CCN1Cc2c(c(OC(C)C)nn2C[C@H](C)O)/C=C/c2[nH]nc3ncc(cc23)-c2cnn(C)c2O[C@@H](C(F)F)C1. The van der Waals surface area contributed by atoms with Gasteiger partial charge in [0.05, 0.1) is 47.5 Å². The van der Waals surface area contributed by atoms with Crippen LogP contribution in [0.5, 0.6) is 11.8 Å². The van der Waals surface area contributed by atoms with Crippen LogP contribution in [-0.4, -0.2) is 82.6 Å². The first kappa shape index (κ1) is 27.7. The van der Waals surface area contributed by atoms with Gasteiger partial charge in [-0.15, -0.1) is 5.10 Å². The second-order valence-electron chi connectivity index (χ2n) is 10.2. The molecule has 0 unspecified atom stereocenters. The number of rotatable bonds is 6. The third-order valence-corrected chi connectivity index (χ3v) is 6.70. The van der Waals surface area contributed by atoms with Crippen molar-refractivity contribution in [1.29, 1.82) is 0 Å². The number of aliphatic hydroxyl groups is 1. The standard InChI is InChI=1S/C27H34F2N8O3/c1-6-36-13-22-18(26(39-15(2)3)34-37(22)12-16(4)38)7-8-21-19-9-17(10-30-25(19)33-32-21)20-11-31-35(5)27(20)40-23(14-36)24(28)29/h7-11,15-16,23-24,38H,6,12-14H2,1-5H3,(H,30,32,33)/b8-7+/t16-,23+/m0/s1. The van der Waals surface area contributed by atoms with Crippen LogP contribution < -0.4 is 9.47 Å². The maximum Gasteiger partial charge on any atom is 0.276 e. The number of ether oxygens (including phenoxy) is 2. The molecule has 2 atom stereocenters. The summed E-state index contributed by atoms with van der Waals surface area (Å²) in [7, 11) is 1.65. The molecule has 0 aromatic carbocycles. The zero-order valence-corrected chi connectivity index (χ0v) is 23.2. The smallest absolute Gasteiger partial charge is 0.276 e. The van der Waals surface area contributed by atoms with Gasteiger partial charge in [-0.05, 0) is 45.5 Å². The molecule has 1 aliphatic heterocycles. The van der Waals surface area contributed by atoms with E-state index in [1.54, 1.807) is 31.0 Å². The molecule has 0 aliphatic carbocycles. The molecule has 5 rings (SSSR count). The van der Waals surface area contributed by atoms with E-state index < -0.39 is 18.6 Å². The van der Waals surface area contributed by atoms with Gasteiger partial charge in [0.15, 0.2) is 11.8 Å². The van der Waals surface area contributed by atoms with E-state index in [4.69, 9.17) is 9.47 Å². The first-order chi connectivity index (χ1) is 19.1. The number of fused-ring (bicyclic) bond motifs is 4. The van der Waals surface area contributed by atoms with Crippen molar-refractivity contribution in [2.24, 2.45) is 7.05 Å². The van der Waals surface area contributed by atoms with E-state index in [9.17, 15) is 13.9 Å². The number of H-pyrrole nitrogens is 1. The number of pyridine rings is 1. The number of hydrogen-bond donors (Lipinski definition) is 2. The molecule has 0 amide bonds. The van der Waals surface area contributed by atoms with Crippen LogP contribution in [0.4, 0.5) is 8.78 Å². The Bertz CT molecular complexity index is 1510. The summed E-state index contributed by atoms with van der Waals surface area (Å²) < 4.78 is 44.0. The number of nitrogens with one attached hydrogen (secondary N) is 1. The Kier molecular flexibility index (Phi) is 7.86. The zero-order chi connectivity index (χ0) is 28.6. The van der Waals surface area contributed by atoms with E-state index >= 15 is 0 Å². The number of aliphatic hydroxyl groups excluding tert-OH is 1. The highest BCUT2D eigenvalue weighted by Gasteiger charge is 2.30. The molecule has 0 saturated heterocycles. The average Bonchev–Trinajstić information content (AvgIpc) is 3.55. The summed E-state index contributed by atoms with van der Waals surface area (Å²) in [6, 6.07) is 1.88. The number of hydrogen-bond acceptors (Lipinski definition) is 8. The van der Waals surface area contributed by atoms with Crippen molar-refractivity contribution in [1.82, 2.24) is 39.6 Å². The number of nitrogens with zero attached hydrogens (tertiary/aromatic N) is 7. The van der Waals surface area contributed by atoms with E-state index in [0.29, 0.717) is 40.5 Å². The third-order valence-electron chi connectivity index (χ3n) is 6.70. The molecule has 0 radical (unpaired) electrons. The lowest BCUT2D eigenvalue weighted by Crippen LogP contribution is -2.40. The lowest BCUT2D eigenvalue weighted by molar-refractivity contribution is -0.0128. The fraction of sp³-hybridized carbons (Fsp3) is 0.481. The molecule has 13 heteroatoms. The van der Waals surface area contributed by atoms with Crippen LogP contribution in [0.3, 0.4) is 0 Å². The van der Waals surface area contributed by atoms with Crippen LogP contribution in [0, 0.1) is 0 Å². The molecule has 5 heterocycles. The summed E-state index contributed by atoms with van der Waals surface area (Å²) in [4.78, 5) is 6.34. The topological polar surface area (TPSA) is 119 Å². The number of likely N-dealkylation sites (N-methyl/N-ethyl adjacent to an activating group) is 1. The van der Waals surface area contributed by atoms with Gasteiger partial charge in [0, 0.05) is 37.3 Å². The van der Waals surface area contributed by atoms with E-state index in [-0.39, 0.29) is 31.6 Å². The van der Waals surface area contributed by atoms with E-state index in [1.807, 2.05) is 43.9 Å². The molecule has 214 valence electrons. The quantitative estimate of drug-likeness (QED) is 0.369. The van der Waals surface area contributed by atoms with Crippen molar-refractivity contribution in [3.8, 4) is 22.9 Å². The Hall–Kier alpha value is -3.84. The second kappa shape index (κ2) is 11.3. The van der Waals surface area contributed by atoms with Gasteiger partial charge in [-0.1, -0.05) is 6.92 Å². The Morgan fingerprint density at radius 3 is 2.73 bits per heavy atom. The van der Waals surface area contributed by atoms with Crippen molar-refractivity contribution >= 4 is 23.2 Å². The molecular weight excluding hydrogens is 522 g/mol. The molecule has 1 aliphatic rings. The normalized spacial score (nSPS) is 17.9. The Balaban J connectivity index is 1.72. The maximum absolute atomic E-state index is 14.4. The lowest BCUT2D eigenvalue weighted by atomic mass is 10.1. The average molecular weight is 557 g/mol. The van der Waals surface area contributed by atoms with Gasteiger partial charge < -0.3 is 14.6 Å². The first-order valence-corrected chi connectivity index (χ1v) is 13.3. The summed E-state index contributed by atoms with van der Waals surface area (Å²) in [5, 5.41) is 27.3. The molecule has 0 saturated carbocycles. The highest BCUT2D eigenvalue weighted by Crippen LogP contribution is 2.34. The van der Waals surface area contributed by atoms with Gasteiger partial charge in [-0.2, -0.15) is 10.2 Å². The van der Waals surface area contributed by atoms with Crippen LogP contribution >= 0.6 is 0 Å². The molecule has 11 nitrogen and oxygen atoms in total. The van der Waals surface area contributed by atoms with Crippen molar-refractivity contribution < 1.29 is 23.4 Å². The predicted molar refractivity (Wildman–Crippen MR) is 146 cm³/mol. The number of aromatic amines is 1. The van der Waals surface area contributed by atoms with Crippen molar-refractivity contribution in [3.05, 3.63) is 35.4 Å². The molecular formula is C27H34F2N8O3. The molecule has 40 heavy (non-hydrogen) atoms. The first-order valence-electron chi connectivity index (χ1n) is 13.3. The van der Waals surface area contributed by atoms with E-state index in [0.717, 1.165) is 11.1 Å². The minimum atomic E-state index is -2.75. The second-order valence-corrected chi connectivity index (χ2v) is 10.2. The Labute approximate surface area is 230 Å². The van der Waals surface area contributed by atoms with Gasteiger partial charge in [-0.3, -0.25) is 14.7 Å². The van der Waals surface area contributed by atoms with Crippen molar-refractivity contribution in [3.63, 3.8) is 0 Å². The van der Waals surface area contributed by atoms with Crippen molar-refractivity contribution in [2.75, 3.05) is 13.1 Å². The molecule has 0 fully saturated rings. The molecule has 4 aromatic rings. The van der Waals surface area contributed by atoms with Gasteiger partial charge in [-0.25, -0.2) is 18.4 Å². The zero-order valence-electron chi connectivity index (χ0n) is 23.2. The van der Waals surface area contributed by atoms with Gasteiger partial charge in [0.1, 0.15) is 0 Å². The molecule has 2 N–H and O–H groups in total. The molecule has 2 bridgehead atoms. The fourth-order valence-electron chi connectivity index (χ4n) is 4.74. The van der Waals surface area contributed by atoms with Crippen LogP contribution in [-0.2, 0) is 20.1 Å². The highest BCUT2D eigenvalue weighted by molar-refractivity contribution is 5.90. The lowest BCUT2D eigenvalue weighted by Gasteiger charge is -2.27. The fourth-order valence-corrected chi connectivity index (χ4v) is 4.74. The number of halogens is 2. The number of aryl methyl sites for hydroxylation is 1. The van der Waals surface area contributed by atoms with Gasteiger partial charge >= 0.3 is 0 Å². The summed E-state index contributed by atoms with van der Waals surface area (Å²) in [5.41, 5.74) is 3.84. The van der Waals surface area contributed by atoms with Gasteiger partial charge in [0.2, 0.25) is 11.8 Å². The monoisotopic (exact) mass is 556 g/mol. The summed E-state index contributed by atoms with van der Waals surface area (Å²) in [6.07, 6.45) is 1.93. The summed E-state index contributed by atoms with van der Waals surface area (Å²) in [5.74, 6) is 0.621. The third kappa shape index (κ3) is 5.56. The maximum atomic E-state index is 14.4. The van der Waals surface area contributed by atoms with Crippen LogP contribution in [0.2, 0.25) is 0 Å². The number of aromatic nitrogens is 7. The Morgan fingerprint density at radius 1 is 1.23 bits per heavy atom. The number of alkyl halides is 2. The summed E-state index contributed by atoms with van der Waals surface area (Å²) in [6.45, 7) is 8.29. The molecule has 4 aromatic heterocycles. The predicted octanol–water partition coefficient (Wildman–Crippen LogP) is 3.74. The van der Waals surface area contributed by atoms with Crippen LogP contribution in [0.1, 0.15) is 44.6 Å². The highest BCUT2D eigenvalue weighted by atomic mass is 19.3.